The van der Waals surface area contributed by atoms with Gasteiger partial charge in [0.15, 0.2) is 5.75 Å². The summed E-state index contributed by atoms with van der Waals surface area (Å²) >= 11 is 7.24. The zero-order valence-corrected chi connectivity index (χ0v) is 27.6. The van der Waals surface area contributed by atoms with Crippen LogP contribution in [0.2, 0.25) is 0 Å². The van der Waals surface area contributed by atoms with Crippen LogP contribution < -0.4 is 19.7 Å². The van der Waals surface area contributed by atoms with Crippen LogP contribution in [0.4, 0.5) is 5.69 Å². The minimum absolute atomic E-state index is 0.0766. The van der Waals surface area contributed by atoms with Gasteiger partial charge in [-0.05, 0) is 106 Å². The molecular formula is C32H40Br2N2O4. The maximum Gasteiger partial charge on any atom is 0.307 e. The van der Waals surface area contributed by atoms with Gasteiger partial charge >= 0.3 is 5.97 Å². The minimum Gasteiger partial charge on any atom is -0.496 e. The van der Waals surface area contributed by atoms with E-state index < -0.39 is 5.97 Å². The van der Waals surface area contributed by atoms with E-state index in [2.05, 4.69) is 114 Å². The number of carboxylic acid groups (broad SMARTS) is 1. The molecule has 216 valence electrons. The lowest BCUT2D eigenvalue weighted by Crippen LogP contribution is -2.29. The smallest absolute Gasteiger partial charge is 0.307 e. The Morgan fingerprint density at radius 3 is 2.12 bits per heavy atom. The van der Waals surface area contributed by atoms with Crippen molar-refractivity contribution in [2.24, 2.45) is 0 Å². The molecule has 0 aliphatic carbocycles. The van der Waals surface area contributed by atoms with Crippen molar-refractivity contribution in [1.82, 2.24) is 5.32 Å². The van der Waals surface area contributed by atoms with Crippen molar-refractivity contribution in [2.75, 3.05) is 31.6 Å². The summed E-state index contributed by atoms with van der Waals surface area (Å²) in [4.78, 5) is 13.7. The average molecular weight is 676 g/mol. The van der Waals surface area contributed by atoms with E-state index in [1.54, 1.807) is 19.2 Å². The monoisotopic (exact) mass is 674 g/mol. The van der Waals surface area contributed by atoms with Gasteiger partial charge in [0.2, 0.25) is 0 Å². The number of hydrogen-bond acceptors (Lipinski definition) is 5. The zero-order chi connectivity index (χ0) is 29.6. The molecule has 6 nitrogen and oxygen atoms in total. The van der Waals surface area contributed by atoms with Crippen LogP contribution in [-0.2, 0) is 11.2 Å². The molecule has 0 bridgehead atoms. The lowest BCUT2D eigenvalue weighted by atomic mass is 9.91. The number of halogens is 2. The van der Waals surface area contributed by atoms with Crippen molar-refractivity contribution in [3.05, 3.63) is 79.2 Å². The SMILES string of the molecule is CCNC(c1cc(OC)c(C(C)C)cc1Oc1c(Br)cc(CC(=O)O)cc1Br)c1cccc(C)c1N(CC)CC. The highest BCUT2D eigenvalue weighted by molar-refractivity contribution is 9.11. The number of nitrogens with one attached hydrogen (secondary N) is 1. The van der Waals surface area contributed by atoms with Crippen LogP contribution in [0.15, 0.2) is 51.4 Å². The molecule has 0 saturated heterocycles. The quantitative estimate of drug-likeness (QED) is 0.189. The highest BCUT2D eigenvalue weighted by atomic mass is 79.9. The molecule has 0 aromatic heterocycles. The van der Waals surface area contributed by atoms with Gasteiger partial charge in [0.1, 0.15) is 11.5 Å². The molecule has 0 saturated carbocycles. The summed E-state index contributed by atoms with van der Waals surface area (Å²) < 4.78 is 13.9. The number of aryl methyl sites for hydroxylation is 1. The van der Waals surface area contributed by atoms with Crippen LogP contribution in [0.25, 0.3) is 0 Å². The summed E-state index contributed by atoms with van der Waals surface area (Å²) in [5.41, 5.74) is 6.28. The summed E-state index contributed by atoms with van der Waals surface area (Å²) in [6.07, 6.45) is -0.0766. The average Bonchev–Trinajstić information content (AvgIpc) is 2.90. The molecule has 0 radical (unpaired) electrons. The molecule has 40 heavy (non-hydrogen) atoms. The fourth-order valence-corrected chi connectivity index (χ4v) is 6.55. The van der Waals surface area contributed by atoms with Crippen LogP contribution in [0, 0.1) is 6.92 Å². The van der Waals surface area contributed by atoms with Crippen molar-refractivity contribution in [2.45, 2.75) is 59.9 Å². The highest BCUT2D eigenvalue weighted by Gasteiger charge is 2.27. The Bertz CT molecular complexity index is 1320. The number of para-hydroxylation sites is 1. The first-order valence-corrected chi connectivity index (χ1v) is 15.3. The number of benzene rings is 3. The maximum absolute atomic E-state index is 11.3. The largest absolute Gasteiger partial charge is 0.496 e. The molecule has 1 unspecified atom stereocenters. The number of aliphatic carboxylic acids is 1. The van der Waals surface area contributed by atoms with Crippen molar-refractivity contribution in [1.29, 1.82) is 0 Å². The summed E-state index contributed by atoms with van der Waals surface area (Å²) in [7, 11) is 1.70. The molecule has 2 N–H and O–H groups in total. The van der Waals surface area contributed by atoms with Crippen LogP contribution in [0.1, 0.15) is 74.4 Å². The van der Waals surface area contributed by atoms with Crippen LogP contribution in [0.3, 0.4) is 0 Å². The number of anilines is 1. The first kappa shape index (κ1) is 32.0. The molecule has 0 heterocycles. The minimum atomic E-state index is -0.887. The van der Waals surface area contributed by atoms with Gasteiger partial charge in [-0.3, -0.25) is 4.79 Å². The second kappa shape index (κ2) is 14.4. The van der Waals surface area contributed by atoms with E-state index in [0.29, 0.717) is 26.0 Å². The van der Waals surface area contributed by atoms with E-state index in [-0.39, 0.29) is 18.4 Å². The Balaban J connectivity index is 2.29. The van der Waals surface area contributed by atoms with Crippen molar-refractivity contribution >= 4 is 43.5 Å². The van der Waals surface area contributed by atoms with Gasteiger partial charge in [0.05, 0.1) is 28.5 Å². The van der Waals surface area contributed by atoms with Gasteiger partial charge in [-0.2, -0.15) is 0 Å². The molecule has 3 aromatic carbocycles. The van der Waals surface area contributed by atoms with Gasteiger partial charge in [-0.1, -0.05) is 39.0 Å². The van der Waals surface area contributed by atoms with Gasteiger partial charge in [0.25, 0.3) is 0 Å². The summed E-state index contributed by atoms with van der Waals surface area (Å²) in [6, 6.07) is 14.0. The van der Waals surface area contributed by atoms with Crippen LogP contribution >= 0.6 is 31.9 Å². The second-order valence-electron chi connectivity index (χ2n) is 10.0. The Morgan fingerprint density at radius 2 is 1.60 bits per heavy atom. The van der Waals surface area contributed by atoms with Gasteiger partial charge in [-0.25, -0.2) is 0 Å². The molecule has 0 aliphatic rings. The number of nitrogens with zero attached hydrogens (tertiary/aromatic N) is 1. The predicted octanol–water partition coefficient (Wildman–Crippen LogP) is 8.62. The fourth-order valence-electron chi connectivity index (χ4n) is 5.11. The van der Waals surface area contributed by atoms with Gasteiger partial charge in [-0.15, -0.1) is 0 Å². The number of hydrogen-bond donors (Lipinski definition) is 2. The van der Waals surface area contributed by atoms with E-state index in [0.717, 1.165) is 36.5 Å². The molecule has 3 aromatic rings. The standard InChI is InChI=1S/C32H40Br2N2O4/c1-8-35-30(22-13-11-12-20(6)31(22)36(9-2)10-3)24-18-27(39-7)23(19(4)5)17-28(24)40-32-25(33)14-21(15-26(32)34)16-29(37)38/h11-15,17-19,30,35H,8-10,16H2,1-7H3,(H,37,38). The summed E-state index contributed by atoms with van der Waals surface area (Å²) in [5.74, 6) is 1.42. The van der Waals surface area contributed by atoms with Crippen LogP contribution in [-0.4, -0.2) is 37.8 Å². The number of methoxy groups -OCH3 is 1. The first-order valence-electron chi connectivity index (χ1n) is 13.7. The number of carbonyl (C=O) groups is 1. The molecule has 0 fully saturated rings. The van der Waals surface area contributed by atoms with E-state index in [9.17, 15) is 9.90 Å². The van der Waals surface area contributed by atoms with E-state index in [1.807, 2.05) is 0 Å². The highest BCUT2D eigenvalue weighted by Crippen LogP contribution is 2.45. The van der Waals surface area contributed by atoms with Crippen LogP contribution in [0.5, 0.6) is 17.2 Å². The topological polar surface area (TPSA) is 71.0 Å². The first-order chi connectivity index (χ1) is 19.1. The number of rotatable bonds is 13. The lowest BCUT2D eigenvalue weighted by Gasteiger charge is -2.31. The number of carboxylic acids is 1. The van der Waals surface area contributed by atoms with Crippen molar-refractivity contribution in [3.8, 4) is 17.2 Å². The molecule has 0 amide bonds. The summed E-state index contributed by atoms with van der Waals surface area (Å²) in [5, 5.41) is 13.0. The Morgan fingerprint density at radius 1 is 0.975 bits per heavy atom. The van der Waals surface area contributed by atoms with Gasteiger partial charge in [0, 0.05) is 29.9 Å². The third-order valence-corrected chi connectivity index (χ3v) is 8.17. The molecule has 1 atom stereocenters. The summed E-state index contributed by atoms with van der Waals surface area (Å²) in [6.45, 7) is 15.4. The molecular weight excluding hydrogens is 636 g/mol. The lowest BCUT2D eigenvalue weighted by molar-refractivity contribution is -0.136. The zero-order valence-electron chi connectivity index (χ0n) is 24.4. The number of ether oxygens (including phenoxy) is 2. The van der Waals surface area contributed by atoms with E-state index >= 15 is 0 Å². The van der Waals surface area contributed by atoms with Crippen molar-refractivity contribution in [3.63, 3.8) is 0 Å². The third kappa shape index (κ3) is 7.20. The maximum atomic E-state index is 11.3. The third-order valence-electron chi connectivity index (χ3n) is 6.99. The second-order valence-corrected chi connectivity index (χ2v) is 11.7. The van der Waals surface area contributed by atoms with E-state index in [4.69, 9.17) is 9.47 Å². The normalized spacial score (nSPS) is 11.9. The Hall–Kier alpha value is -2.55. The fraction of sp³-hybridized carbons (Fsp3) is 0.406. The molecule has 0 spiro atoms. The molecule has 8 heteroatoms. The van der Waals surface area contributed by atoms with Crippen molar-refractivity contribution < 1.29 is 19.4 Å². The molecule has 0 aliphatic heterocycles. The molecule has 3 rings (SSSR count). The van der Waals surface area contributed by atoms with E-state index in [1.165, 1.54) is 16.8 Å². The Kier molecular flexibility index (Phi) is 11.5. The van der Waals surface area contributed by atoms with Gasteiger partial charge < -0.3 is 24.8 Å². The predicted molar refractivity (Wildman–Crippen MR) is 171 cm³/mol. The Labute approximate surface area is 255 Å².